The van der Waals surface area contributed by atoms with Crippen LogP contribution in [0.5, 0.6) is 0 Å². The average Bonchev–Trinajstić information content (AvgIpc) is 2.98. The summed E-state index contributed by atoms with van der Waals surface area (Å²) in [5, 5.41) is 1.06. The summed E-state index contributed by atoms with van der Waals surface area (Å²) < 4.78 is 31.0. The van der Waals surface area contributed by atoms with Crippen molar-refractivity contribution in [2.75, 3.05) is 4.31 Å². The standard InChI is InChI=1S/C24H24N2O2S/c1-18-13-15-21(16-14-18)29(27,28)26(17-20-9-5-4-6-10-20)24-19(2)22-11-7-8-12-23(22)25(24)3/h4-16H,17H2,1-3H3. The molecule has 0 aliphatic rings. The highest BCUT2D eigenvalue weighted by atomic mass is 32.2. The fourth-order valence-corrected chi connectivity index (χ4v) is 5.32. The second-order valence-corrected chi connectivity index (χ2v) is 9.20. The first-order valence-electron chi connectivity index (χ1n) is 9.57. The molecular weight excluding hydrogens is 380 g/mol. The second-order valence-electron chi connectivity index (χ2n) is 7.34. The quantitative estimate of drug-likeness (QED) is 0.459. The lowest BCUT2D eigenvalue weighted by atomic mass is 10.2. The Morgan fingerprint density at radius 3 is 2.10 bits per heavy atom. The van der Waals surface area contributed by atoms with Crippen molar-refractivity contribution in [3.05, 3.63) is 95.6 Å². The van der Waals surface area contributed by atoms with Gasteiger partial charge in [-0.15, -0.1) is 0 Å². The fourth-order valence-electron chi connectivity index (χ4n) is 3.78. The third kappa shape index (κ3) is 3.42. The van der Waals surface area contributed by atoms with Crippen LogP contribution in [0.2, 0.25) is 0 Å². The van der Waals surface area contributed by atoms with Crippen molar-refractivity contribution in [2.24, 2.45) is 7.05 Å². The number of anilines is 1. The van der Waals surface area contributed by atoms with Gasteiger partial charge in [0.1, 0.15) is 5.82 Å². The van der Waals surface area contributed by atoms with Gasteiger partial charge in [0.2, 0.25) is 0 Å². The van der Waals surface area contributed by atoms with Crippen molar-refractivity contribution in [1.29, 1.82) is 0 Å². The number of aromatic nitrogens is 1. The molecule has 0 unspecified atom stereocenters. The van der Waals surface area contributed by atoms with Gasteiger partial charge in [-0.2, -0.15) is 0 Å². The van der Waals surface area contributed by atoms with Gasteiger partial charge < -0.3 is 4.57 Å². The van der Waals surface area contributed by atoms with Crippen molar-refractivity contribution >= 4 is 26.7 Å². The molecule has 1 heterocycles. The highest BCUT2D eigenvalue weighted by Gasteiger charge is 2.29. The summed E-state index contributed by atoms with van der Waals surface area (Å²) in [4.78, 5) is 0.295. The molecule has 0 aliphatic heterocycles. The first kappa shape index (κ1) is 19.3. The van der Waals surface area contributed by atoms with Crippen LogP contribution in [-0.4, -0.2) is 13.0 Å². The molecule has 4 rings (SSSR count). The van der Waals surface area contributed by atoms with Crippen LogP contribution in [0.25, 0.3) is 10.9 Å². The van der Waals surface area contributed by atoms with Crippen molar-refractivity contribution in [3.8, 4) is 0 Å². The van der Waals surface area contributed by atoms with Crippen LogP contribution in [0, 0.1) is 13.8 Å². The lowest BCUT2D eigenvalue weighted by molar-refractivity contribution is 0.588. The van der Waals surface area contributed by atoms with Crippen LogP contribution in [0.4, 0.5) is 5.82 Å². The molecule has 1 aromatic heterocycles. The van der Waals surface area contributed by atoms with E-state index in [4.69, 9.17) is 0 Å². The van der Waals surface area contributed by atoms with Crippen LogP contribution in [-0.2, 0) is 23.6 Å². The van der Waals surface area contributed by atoms with E-state index < -0.39 is 10.0 Å². The minimum absolute atomic E-state index is 0.266. The minimum Gasteiger partial charge on any atom is -0.330 e. The number of aryl methyl sites for hydroxylation is 3. The van der Waals surface area contributed by atoms with Crippen molar-refractivity contribution in [1.82, 2.24) is 4.57 Å². The summed E-state index contributed by atoms with van der Waals surface area (Å²) in [6.07, 6.45) is 0. The van der Waals surface area contributed by atoms with E-state index in [0.717, 1.165) is 27.6 Å². The number of nitrogens with zero attached hydrogens (tertiary/aromatic N) is 2. The summed E-state index contributed by atoms with van der Waals surface area (Å²) >= 11 is 0. The van der Waals surface area contributed by atoms with Gasteiger partial charge in [-0.1, -0.05) is 66.2 Å². The van der Waals surface area contributed by atoms with E-state index in [1.807, 2.05) is 92.2 Å². The predicted octanol–water partition coefficient (Wildman–Crippen LogP) is 5.19. The van der Waals surface area contributed by atoms with Crippen LogP contribution in [0.3, 0.4) is 0 Å². The second kappa shape index (κ2) is 7.41. The smallest absolute Gasteiger partial charge is 0.265 e. The largest absolute Gasteiger partial charge is 0.330 e. The van der Waals surface area contributed by atoms with Crippen LogP contribution >= 0.6 is 0 Å². The highest BCUT2D eigenvalue weighted by molar-refractivity contribution is 7.92. The molecule has 0 N–H and O–H groups in total. The van der Waals surface area contributed by atoms with Gasteiger partial charge in [0, 0.05) is 23.5 Å². The molecular formula is C24H24N2O2S. The number of hydrogen-bond acceptors (Lipinski definition) is 2. The Morgan fingerprint density at radius 1 is 0.828 bits per heavy atom. The SMILES string of the molecule is Cc1ccc(S(=O)(=O)N(Cc2ccccc2)c2c(C)c3ccccc3n2C)cc1. The monoisotopic (exact) mass is 404 g/mol. The van der Waals surface area contributed by atoms with Crippen molar-refractivity contribution in [3.63, 3.8) is 0 Å². The molecule has 4 nitrogen and oxygen atoms in total. The lowest BCUT2D eigenvalue weighted by Crippen LogP contribution is -2.32. The first-order chi connectivity index (χ1) is 13.9. The molecule has 0 bridgehead atoms. The molecule has 148 valence electrons. The lowest BCUT2D eigenvalue weighted by Gasteiger charge is -2.26. The van der Waals surface area contributed by atoms with Gasteiger partial charge >= 0.3 is 0 Å². The number of sulfonamides is 1. The van der Waals surface area contributed by atoms with Crippen LogP contribution < -0.4 is 4.31 Å². The Morgan fingerprint density at radius 2 is 1.45 bits per heavy atom. The number of rotatable bonds is 5. The maximum absolute atomic E-state index is 13.7. The Balaban J connectivity index is 1.93. The zero-order valence-electron chi connectivity index (χ0n) is 16.8. The zero-order chi connectivity index (χ0) is 20.6. The number of para-hydroxylation sites is 1. The first-order valence-corrected chi connectivity index (χ1v) is 11.0. The van der Waals surface area contributed by atoms with Gasteiger partial charge in [0.15, 0.2) is 0 Å². The Hall–Kier alpha value is -3.05. The van der Waals surface area contributed by atoms with Gasteiger partial charge in [-0.3, -0.25) is 0 Å². The fraction of sp³-hybridized carbons (Fsp3) is 0.167. The number of hydrogen-bond donors (Lipinski definition) is 0. The van der Waals surface area contributed by atoms with E-state index in [1.54, 1.807) is 12.1 Å². The summed E-state index contributed by atoms with van der Waals surface area (Å²) in [7, 11) is -1.83. The summed E-state index contributed by atoms with van der Waals surface area (Å²) in [6, 6.07) is 24.7. The maximum atomic E-state index is 13.7. The van der Waals surface area contributed by atoms with Gasteiger partial charge in [0.25, 0.3) is 10.0 Å². The Bertz CT molecular complexity index is 1220. The van der Waals surface area contributed by atoms with E-state index in [9.17, 15) is 8.42 Å². The maximum Gasteiger partial charge on any atom is 0.265 e. The predicted molar refractivity (Wildman–Crippen MR) is 119 cm³/mol. The third-order valence-corrected chi connectivity index (χ3v) is 7.09. The molecule has 0 saturated carbocycles. The number of fused-ring (bicyclic) bond motifs is 1. The molecule has 29 heavy (non-hydrogen) atoms. The van der Waals surface area contributed by atoms with Crippen molar-refractivity contribution < 1.29 is 8.42 Å². The van der Waals surface area contributed by atoms with E-state index >= 15 is 0 Å². The molecule has 0 spiro atoms. The Labute approximate surface area is 172 Å². The Kier molecular flexibility index (Phi) is 4.92. The zero-order valence-corrected chi connectivity index (χ0v) is 17.6. The molecule has 4 aromatic rings. The highest BCUT2D eigenvalue weighted by Crippen LogP contribution is 2.35. The van der Waals surface area contributed by atoms with E-state index in [2.05, 4.69) is 0 Å². The van der Waals surface area contributed by atoms with Gasteiger partial charge in [0.05, 0.1) is 11.4 Å². The topological polar surface area (TPSA) is 42.3 Å². The van der Waals surface area contributed by atoms with Crippen molar-refractivity contribution in [2.45, 2.75) is 25.3 Å². The number of benzene rings is 3. The normalized spacial score (nSPS) is 11.7. The van der Waals surface area contributed by atoms with Crippen LogP contribution in [0.1, 0.15) is 16.7 Å². The molecule has 0 atom stereocenters. The molecule has 3 aromatic carbocycles. The molecule has 0 saturated heterocycles. The van der Waals surface area contributed by atoms with Gasteiger partial charge in [-0.25, -0.2) is 12.7 Å². The summed E-state index contributed by atoms with van der Waals surface area (Å²) in [5.74, 6) is 0.690. The minimum atomic E-state index is -3.75. The van der Waals surface area contributed by atoms with E-state index in [1.165, 1.54) is 4.31 Å². The van der Waals surface area contributed by atoms with Crippen LogP contribution in [0.15, 0.2) is 83.8 Å². The van der Waals surface area contributed by atoms with Gasteiger partial charge in [-0.05, 0) is 37.6 Å². The summed E-state index contributed by atoms with van der Waals surface area (Å²) in [6.45, 7) is 4.20. The molecule has 0 fully saturated rings. The molecule has 0 radical (unpaired) electrons. The average molecular weight is 405 g/mol. The van der Waals surface area contributed by atoms with E-state index in [0.29, 0.717) is 10.7 Å². The molecule has 0 amide bonds. The van der Waals surface area contributed by atoms with E-state index in [-0.39, 0.29) is 6.54 Å². The summed E-state index contributed by atoms with van der Waals surface area (Å²) in [5.41, 5.74) is 3.93. The molecule has 0 aliphatic carbocycles. The molecule has 5 heteroatoms. The third-order valence-electron chi connectivity index (χ3n) is 5.34.